The summed E-state index contributed by atoms with van der Waals surface area (Å²) in [6.07, 6.45) is 2.96. The smallest absolute Gasteiger partial charge is 0.165 e. The highest BCUT2D eigenvalue weighted by molar-refractivity contribution is 5.83. The van der Waals surface area contributed by atoms with Crippen molar-refractivity contribution in [2.24, 2.45) is 11.8 Å². The van der Waals surface area contributed by atoms with Crippen LogP contribution >= 0.6 is 0 Å². The normalized spacial score (nSPS) is 16.2. The van der Waals surface area contributed by atoms with Crippen molar-refractivity contribution in [3.63, 3.8) is 0 Å². The zero-order valence-electron chi connectivity index (χ0n) is 15.9. The molecule has 28 heavy (non-hydrogen) atoms. The van der Waals surface area contributed by atoms with Crippen LogP contribution in [0, 0.1) is 5.92 Å². The van der Waals surface area contributed by atoms with Crippen molar-refractivity contribution >= 4 is 22.4 Å². The maximum absolute atomic E-state index is 10.8. The SMILES string of the molecule is CN(N)c1ncc(-c2ccc3ccc(C(O)C4CCOCC4)cc3n2)cc1N. The number of ether oxygens (including phenoxy) is 1. The molecule has 1 fully saturated rings. The summed E-state index contributed by atoms with van der Waals surface area (Å²) < 4.78 is 5.40. The summed E-state index contributed by atoms with van der Waals surface area (Å²) in [6, 6.07) is 11.7. The molecule has 7 nitrogen and oxygen atoms in total. The highest BCUT2D eigenvalue weighted by Crippen LogP contribution is 2.32. The number of nitrogens with two attached hydrogens (primary N) is 2. The van der Waals surface area contributed by atoms with Gasteiger partial charge in [0.1, 0.15) is 0 Å². The van der Waals surface area contributed by atoms with E-state index in [-0.39, 0.29) is 5.92 Å². The van der Waals surface area contributed by atoms with Gasteiger partial charge in [-0.1, -0.05) is 18.2 Å². The van der Waals surface area contributed by atoms with Crippen molar-refractivity contribution < 1.29 is 9.84 Å². The van der Waals surface area contributed by atoms with E-state index in [0.717, 1.165) is 40.6 Å². The van der Waals surface area contributed by atoms with E-state index in [1.165, 1.54) is 5.01 Å². The molecule has 1 aliphatic rings. The maximum atomic E-state index is 10.8. The minimum absolute atomic E-state index is 0.221. The van der Waals surface area contributed by atoms with Crippen LogP contribution in [0.3, 0.4) is 0 Å². The number of hydrazine groups is 1. The molecule has 0 amide bonds. The van der Waals surface area contributed by atoms with Crippen LogP contribution in [-0.2, 0) is 4.74 Å². The lowest BCUT2D eigenvalue weighted by Gasteiger charge is -2.27. The predicted octanol–water partition coefficient (Wildman–Crippen LogP) is 2.65. The molecule has 0 saturated carbocycles. The fraction of sp³-hybridized carbons (Fsp3) is 0.333. The molecule has 0 bridgehead atoms. The number of aromatic nitrogens is 2. The van der Waals surface area contributed by atoms with Gasteiger partial charge >= 0.3 is 0 Å². The highest BCUT2D eigenvalue weighted by Gasteiger charge is 2.23. The molecular formula is C21H25N5O2. The van der Waals surface area contributed by atoms with E-state index < -0.39 is 6.10 Å². The number of hydrogen-bond acceptors (Lipinski definition) is 7. The summed E-state index contributed by atoms with van der Waals surface area (Å²) in [6.45, 7) is 1.42. The van der Waals surface area contributed by atoms with E-state index in [0.29, 0.717) is 24.7 Å². The van der Waals surface area contributed by atoms with Gasteiger partial charge in [-0.3, -0.25) is 5.01 Å². The van der Waals surface area contributed by atoms with Gasteiger partial charge in [-0.25, -0.2) is 15.8 Å². The fourth-order valence-electron chi connectivity index (χ4n) is 3.69. The van der Waals surface area contributed by atoms with Gasteiger partial charge in [0.05, 0.1) is 23.0 Å². The number of aliphatic hydroxyl groups is 1. The first-order valence-electron chi connectivity index (χ1n) is 9.44. The average molecular weight is 379 g/mol. The average Bonchev–Trinajstić information content (AvgIpc) is 2.72. The summed E-state index contributed by atoms with van der Waals surface area (Å²) in [5, 5.41) is 13.2. The lowest BCUT2D eigenvalue weighted by atomic mass is 9.89. The Kier molecular flexibility index (Phi) is 5.13. The highest BCUT2D eigenvalue weighted by atomic mass is 16.5. The Morgan fingerprint density at radius 2 is 1.93 bits per heavy atom. The first-order valence-corrected chi connectivity index (χ1v) is 9.44. The molecule has 2 aromatic heterocycles. The van der Waals surface area contributed by atoms with Gasteiger partial charge in [0, 0.05) is 37.4 Å². The second-order valence-electron chi connectivity index (χ2n) is 7.29. The number of benzene rings is 1. The number of hydrogen-bond donors (Lipinski definition) is 3. The van der Waals surface area contributed by atoms with Crippen molar-refractivity contribution in [1.29, 1.82) is 0 Å². The fourth-order valence-corrected chi connectivity index (χ4v) is 3.69. The van der Waals surface area contributed by atoms with E-state index in [9.17, 15) is 5.11 Å². The molecule has 7 heteroatoms. The van der Waals surface area contributed by atoms with E-state index in [1.807, 2.05) is 36.4 Å². The van der Waals surface area contributed by atoms with Crippen molar-refractivity contribution in [3.05, 3.63) is 48.2 Å². The number of pyridine rings is 2. The quantitative estimate of drug-likeness (QED) is 0.472. The molecular weight excluding hydrogens is 354 g/mol. The Balaban J connectivity index is 1.67. The molecule has 3 heterocycles. The molecule has 0 aliphatic carbocycles. The van der Waals surface area contributed by atoms with E-state index in [4.69, 9.17) is 21.3 Å². The standard InChI is InChI=1S/C21H25N5O2/c1-26(23)21-17(22)10-16(12-24-21)18-5-4-13-2-3-15(11-19(13)25-18)20(27)14-6-8-28-9-7-14/h2-5,10-12,14,20,27H,6-9,22-23H2,1H3. The van der Waals surface area contributed by atoms with Gasteiger partial charge in [0.15, 0.2) is 5.82 Å². The molecule has 1 saturated heterocycles. The third-order valence-corrected chi connectivity index (χ3v) is 5.30. The topological polar surface area (TPSA) is 111 Å². The Morgan fingerprint density at radius 3 is 2.64 bits per heavy atom. The van der Waals surface area contributed by atoms with E-state index in [1.54, 1.807) is 13.2 Å². The van der Waals surface area contributed by atoms with Crippen LogP contribution < -0.4 is 16.6 Å². The lowest BCUT2D eigenvalue weighted by molar-refractivity contribution is 0.00723. The molecule has 4 rings (SSSR count). The van der Waals surface area contributed by atoms with Gasteiger partial charge in [-0.05, 0) is 42.5 Å². The van der Waals surface area contributed by atoms with Gasteiger partial charge in [-0.15, -0.1) is 0 Å². The molecule has 3 aromatic rings. The molecule has 0 radical (unpaired) electrons. The first kappa shape index (κ1) is 18.6. The minimum atomic E-state index is -0.504. The zero-order chi connectivity index (χ0) is 19.7. The molecule has 5 N–H and O–H groups in total. The summed E-state index contributed by atoms with van der Waals surface area (Å²) in [5.74, 6) is 6.47. The van der Waals surface area contributed by atoms with Crippen LogP contribution in [0.15, 0.2) is 42.6 Å². The Bertz CT molecular complexity index is 986. The monoisotopic (exact) mass is 379 g/mol. The van der Waals surface area contributed by atoms with Crippen LogP contribution in [0.5, 0.6) is 0 Å². The number of rotatable bonds is 4. The number of nitrogen functional groups attached to an aromatic ring is 1. The Morgan fingerprint density at radius 1 is 1.18 bits per heavy atom. The van der Waals surface area contributed by atoms with Crippen LogP contribution in [0.2, 0.25) is 0 Å². The number of nitrogens with zero attached hydrogens (tertiary/aromatic N) is 3. The van der Waals surface area contributed by atoms with Gasteiger partial charge < -0.3 is 15.6 Å². The van der Waals surface area contributed by atoms with Crippen molar-refractivity contribution in [2.45, 2.75) is 18.9 Å². The Hall–Kier alpha value is -2.74. The van der Waals surface area contributed by atoms with Crippen LogP contribution in [0.1, 0.15) is 24.5 Å². The minimum Gasteiger partial charge on any atom is -0.396 e. The van der Waals surface area contributed by atoms with Crippen LogP contribution in [0.25, 0.3) is 22.2 Å². The third-order valence-electron chi connectivity index (χ3n) is 5.30. The molecule has 0 spiro atoms. The number of anilines is 2. The summed E-state index contributed by atoms with van der Waals surface area (Å²) in [7, 11) is 1.69. The predicted molar refractivity (Wildman–Crippen MR) is 110 cm³/mol. The molecule has 1 unspecified atom stereocenters. The summed E-state index contributed by atoms with van der Waals surface area (Å²) in [4.78, 5) is 9.10. The van der Waals surface area contributed by atoms with Crippen molar-refractivity contribution in [2.75, 3.05) is 31.0 Å². The Labute approximate surface area is 163 Å². The van der Waals surface area contributed by atoms with Gasteiger partial charge in [0.2, 0.25) is 0 Å². The maximum Gasteiger partial charge on any atom is 0.165 e. The van der Waals surface area contributed by atoms with Crippen molar-refractivity contribution in [3.8, 4) is 11.3 Å². The molecule has 1 atom stereocenters. The van der Waals surface area contributed by atoms with E-state index >= 15 is 0 Å². The lowest BCUT2D eigenvalue weighted by Crippen LogP contribution is -2.27. The van der Waals surface area contributed by atoms with E-state index in [2.05, 4.69) is 4.98 Å². The number of fused-ring (bicyclic) bond motifs is 1. The molecule has 1 aromatic carbocycles. The zero-order valence-corrected chi connectivity index (χ0v) is 15.9. The largest absolute Gasteiger partial charge is 0.396 e. The summed E-state index contributed by atoms with van der Waals surface area (Å²) in [5.41, 5.74) is 9.87. The van der Waals surface area contributed by atoms with Gasteiger partial charge in [0.25, 0.3) is 0 Å². The number of aliphatic hydroxyl groups excluding tert-OH is 1. The second-order valence-corrected chi connectivity index (χ2v) is 7.29. The van der Waals surface area contributed by atoms with Crippen LogP contribution in [-0.4, -0.2) is 35.3 Å². The molecule has 1 aliphatic heterocycles. The van der Waals surface area contributed by atoms with Gasteiger partial charge in [-0.2, -0.15) is 0 Å². The van der Waals surface area contributed by atoms with Crippen molar-refractivity contribution in [1.82, 2.24) is 9.97 Å². The molecule has 146 valence electrons. The first-order chi connectivity index (χ1) is 13.5. The van der Waals surface area contributed by atoms with Crippen LogP contribution in [0.4, 0.5) is 11.5 Å². The summed E-state index contributed by atoms with van der Waals surface area (Å²) >= 11 is 0. The third kappa shape index (κ3) is 3.64. The second kappa shape index (κ2) is 7.71.